The fourth-order valence-corrected chi connectivity index (χ4v) is 2.50. The fourth-order valence-electron chi connectivity index (χ4n) is 2.29. The summed E-state index contributed by atoms with van der Waals surface area (Å²) in [6.07, 6.45) is 0.835. The summed E-state index contributed by atoms with van der Waals surface area (Å²) in [6.45, 7) is 5.59. The molecule has 0 bridgehead atoms. The van der Waals surface area contributed by atoms with E-state index in [4.69, 9.17) is 25.5 Å². The van der Waals surface area contributed by atoms with Crippen LogP contribution in [0, 0.1) is 0 Å². The molecule has 0 spiro atoms. The Kier molecular flexibility index (Phi) is 5.66. The number of hydrogen-bond donors (Lipinski definition) is 0. The zero-order valence-electron chi connectivity index (χ0n) is 13.3. The number of hydrogen-bond acceptors (Lipinski definition) is 5. The van der Waals surface area contributed by atoms with Gasteiger partial charge in [-0.2, -0.15) is 0 Å². The molecule has 2 aromatic rings. The maximum Gasteiger partial charge on any atom is 0.347 e. The van der Waals surface area contributed by atoms with Gasteiger partial charge in [-0.05, 0) is 31.9 Å². The number of carbonyl (C=O) groups is 1. The van der Waals surface area contributed by atoms with Gasteiger partial charge in [0.1, 0.15) is 11.3 Å². The molecule has 0 amide bonds. The van der Waals surface area contributed by atoms with Crippen LogP contribution >= 0.6 is 11.6 Å². The molecule has 0 saturated carbocycles. The van der Waals surface area contributed by atoms with Gasteiger partial charge in [0.25, 0.3) is 0 Å². The molecule has 1 aromatic heterocycles. The van der Waals surface area contributed by atoms with Gasteiger partial charge in [0.15, 0.2) is 6.10 Å². The molecule has 0 fully saturated rings. The first-order valence-corrected chi connectivity index (χ1v) is 7.93. The molecule has 1 aromatic carbocycles. The molecular weight excluding hydrogens is 320 g/mol. The predicted molar refractivity (Wildman–Crippen MR) is 88.2 cm³/mol. The molecule has 5 nitrogen and oxygen atoms in total. The molecule has 23 heavy (non-hydrogen) atoms. The van der Waals surface area contributed by atoms with Gasteiger partial charge in [-0.25, -0.2) is 9.59 Å². The maximum atomic E-state index is 11.7. The van der Waals surface area contributed by atoms with Crippen molar-refractivity contribution >= 4 is 28.5 Å². The lowest BCUT2D eigenvalue weighted by molar-refractivity contribution is -0.150. The summed E-state index contributed by atoms with van der Waals surface area (Å²) in [5.41, 5.74) is 0.842. The van der Waals surface area contributed by atoms with E-state index >= 15 is 0 Å². The van der Waals surface area contributed by atoms with Crippen LogP contribution in [-0.4, -0.2) is 18.7 Å². The lowest BCUT2D eigenvalue weighted by Crippen LogP contribution is -2.26. The van der Waals surface area contributed by atoms with Crippen molar-refractivity contribution in [2.75, 3.05) is 6.61 Å². The van der Waals surface area contributed by atoms with E-state index in [0.717, 1.165) is 23.8 Å². The summed E-state index contributed by atoms with van der Waals surface area (Å²) in [4.78, 5) is 23.3. The molecule has 0 aliphatic carbocycles. The standard InChI is InChI=1S/C17H19ClO5/c1-4-6-11-7-16(19)23-14-9-15(13(18)8-12(11)14)22-10(3)17(20)21-5-2/h7-10H,4-6H2,1-3H3/t10-/m1/s1. The number of aryl methyl sites for hydroxylation is 1. The van der Waals surface area contributed by atoms with E-state index in [0.29, 0.717) is 10.6 Å². The van der Waals surface area contributed by atoms with Crippen LogP contribution in [0.15, 0.2) is 27.4 Å². The number of ether oxygens (including phenoxy) is 2. The maximum absolute atomic E-state index is 11.7. The monoisotopic (exact) mass is 338 g/mol. The Labute approximate surface area is 139 Å². The highest BCUT2D eigenvalue weighted by Crippen LogP contribution is 2.32. The van der Waals surface area contributed by atoms with Crippen LogP contribution in [0.1, 0.15) is 32.8 Å². The van der Waals surface area contributed by atoms with Crippen LogP contribution in [0.25, 0.3) is 11.0 Å². The van der Waals surface area contributed by atoms with Gasteiger partial charge in [-0.15, -0.1) is 0 Å². The second kappa shape index (κ2) is 7.51. The molecule has 1 heterocycles. The van der Waals surface area contributed by atoms with Crippen LogP contribution in [-0.2, 0) is 16.0 Å². The summed E-state index contributed by atoms with van der Waals surface area (Å²) >= 11 is 6.24. The summed E-state index contributed by atoms with van der Waals surface area (Å²) in [5, 5.41) is 1.12. The normalized spacial score (nSPS) is 12.2. The van der Waals surface area contributed by atoms with Crippen LogP contribution in [0.5, 0.6) is 5.75 Å². The van der Waals surface area contributed by atoms with E-state index in [9.17, 15) is 9.59 Å². The third-order valence-electron chi connectivity index (χ3n) is 3.32. The zero-order chi connectivity index (χ0) is 17.0. The fraction of sp³-hybridized carbons (Fsp3) is 0.412. The van der Waals surface area contributed by atoms with E-state index < -0.39 is 17.7 Å². The van der Waals surface area contributed by atoms with Gasteiger partial charge in [0, 0.05) is 17.5 Å². The molecule has 0 unspecified atom stereocenters. The van der Waals surface area contributed by atoms with Crippen LogP contribution in [0.3, 0.4) is 0 Å². The molecule has 0 aliphatic heterocycles. The SMILES string of the molecule is CCCc1cc(=O)oc2cc(O[C@H](C)C(=O)OCC)c(Cl)cc12. The highest BCUT2D eigenvalue weighted by Gasteiger charge is 2.18. The van der Waals surface area contributed by atoms with Gasteiger partial charge < -0.3 is 13.9 Å². The van der Waals surface area contributed by atoms with Gasteiger partial charge >= 0.3 is 11.6 Å². The van der Waals surface area contributed by atoms with Gasteiger partial charge in [-0.1, -0.05) is 24.9 Å². The Hall–Kier alpha value is -2.01. The summed E-state index contributed by atoms with van der Waals surface area (Å²) < 4.78 is 15.7. The first kappa shape index (κ1) is 17.3. The average molecular weight is 339 g/mol. The highest BCUT2D eigenvalue weighted by molar-refractivity contribution is 6.32. The Morgan fingerprint density at radius 3 is 2.70 bits per heavy atom. The summed E-state index contributed by atoms with van der Waals surface area (Å²) in [5.74, 6) is -0.207. The van der Waals surface area contributed by atoms with Crippen LogP contribution in [0.2, 0.25) is 5.02 Å². The van der Waals surface area contributed by atoms with Crippen molar-refractivity contribution in [1.29, 1.82) is 0 Å². The lowest BCUT2D eigenvalue weighted by atomic mass is 10.1. The summed E-state index contributed by atoms with van der Waals surface area (Å²) in [7, 11) is 0. The van der Waals surface area contributed by atoms with Crippen molar-refractivity contribution in [2.24, 2.45) is 0 Å². The number of fused-ring (bicyclic) bond motifs is 1. The third-order valence-corrected chi connectivity index (χ3v) is 3.62. The highest BCUT2D eigenvalue weighted by atomic mass is 35.5. The van der Waals surface area contributed by atoms with Crippen LogP contribution < -0.4 is 10.4 Å². The molecule has 0 aliphatic rings. The lowest BCUT2D eigenvalue weighted by Gasteiger charge is -2.15. The van der Waals surface area contributed by atoms with Crippen molar-refractivity contribution < 1.29 is 18.7 Å². The minimum atomic E-state index is -0.810. The van der Waals surface area contributed by atoms with Crippen molar-refractivity contribution in [2.45, 2.75) is 39.7 Å². The van der Waals surface area contributed by atoms with Crippen molar-refractivity contribution in [3.05, 3.63) is 39.2 Å². The molecule has 0 radical (unpaired) electrons. The average Bonchev–Trinajstić information content (AvgIpc) is 2.49. The Bertz CT molecular complexity index is 765. The van der Waals surface area contributed by atoms with Gasteiger partial charge in [-0.3, -0.25) is 0 Å². The van der Waals surface area contributed by atoms with E-state index in [1.807, 2.05) is 6.92 Å². The van der Waals surface area contributed by atoms with E-state index in [-0.39, 0.29) is 12.4 Å². The van der Waals surface area contributed by atoms with E-state index in [2.05, 4.69) is 0 Å². The molecule has 0 saturated heterocycles. The topological polar surface area (TPSA) is 65.7 Å². The number of rotatable bonds is 6. The largest absolute Gasteiger partial charge is 0.477 e. The molecule has 6 heteroatoms. The minimum Gasteiger partial charge on any atom is -0.477 e. The van der Waals surface area contributed by atoms with E-state index in [1.165, 1.54) is 12.1 Å². The molecular formula is C17H19ClO5. The Morgan fingerprint density at radius 1 is 1.30 bits per heavy atom. The van der Waals surface area contributed by atoms with E-state index in [1.54, 1.807) is 19.9 Å². The first-order valence-electron chi connectivity index (χ1n) is 7.55. The molecule has 2 rings (SSSR count). The number of carbonyl (C=O) groups excluding carboxylic acids is 1. The predicted octanol–water partition coefficient (Wildman–Crippen LogP) is 3.73. The number of halogens is 1. The minimum absolute atomic E-state index is 0.271. The zero-order valence-corrected chi connectivity index (χ0v) is 14.1. The second-order valence-corrected chi connectivity index (χ2v) is 5.54. The number of esters is 1. The van der Waals surface area contributed by atoms with Gasteiger partial charge in [0.2, 0.25) is 0 Å². The van der Waals surface area contributed by atoms with Gasteiger partial charge in [0.05, 0.1) is 11.6 Å². The summed E-state index contributed by atoms with van der Waals surface area (Å²) in [6, 6.07) is 4.70. The third kappa shape index (κ3) is 4.05. The molecule has 124 valence electrons. The van der Waals surface area contributed by atoms with Crippen molar-refractivity contribution in [3.63, 3.8) is 0 Å². The molecule has 1 atom stereocenters. The van der Waals surface area contributed by atoms with Crippen molar-refractivity contribution in [3.8, 4) is 5.75 Å². The number of benzene rings is 1. The Morgan fingerprint density at radius 2 is 2.04 bits per heavy atom. The molecule has 0 N–H and O–H groups in total. The van der Waals surface area contributed by atoms with Crippen molar-refractivity contribution in [1.82, 2.24) is 0 Å². The first-order chi connectivity index (χ1) is 11.0. The smallest absolute Gasteiger partial charge is 0.347 e. The quantitative estimate of drug-likeness (QED) is 0.593. The van der Waals surface area contributed by atoms with Crippen LogP contribution in [0.4, 0.5) is 0 Å². The second-order valence-electron chi connectivity index (χ2n) is 5.13. The Balaban J connectivity index is 2.41.